The molecule has 0 aliphatic heterocycles. The summed E-state index contributed by atoms with van der Waals surface area (Å²) in [6.07, 6.45) is 4.01. The molecule has 1 aliphatic rings. The summed E-state index contributed by atoms with van der Waals surface area (Å²) in [4.78, 5) is 29.5. The van der Waals surface area contributed by atoms with E-state index in [4.69, 9.17) is 9.15 Å². The Bertz CT molecular complexity index is 1400. The van der Waals surface area contributed by atoms with Crippen molar-refractivity contribution in [3.05, 3.63) is 95.2 Å². The van der Waals surface area contributed by atoms with Gasteiger partial charge < -0.3 is 19.8 Å². The molecule has 4 aromatic rings. The second-order valence-corrected chi connectivity index (χ2v) is 9.88. The number of rotatable bonds is 8. The molecule has 2 N–H and O–H groups in total. The highest BCUT2D eigenvalue weighted by molar-refractivity contribution is 5.98. The molecule has 1 aromatic heterocycles. The van der Waals surface area contributed by atoms with Gasteiger partial charge in [0.1, 0.15) is 11.5 Å². The summed E-state index contributed by atoms with van der Waals surface area (Å²) in [5.41, 5.74) is 2.12. The Morgan fingerprint density at radius 1 is 0.842 bits per heavy atom. The van der Waals surface area contributed by atoms with Crippen molar-refractivity contribution >= 4 is 22.6 Å². The van der Waals surface area contributed by atoms with Crippen LogP contribution in [0.3, 0.4) is 0 Å². The number of aryl methyl sites for hydroxylation is 2. The zero-order chi connectivity index (χ0) is 26.5. The van der Waals surface area contributed by atoms with Crippen LogP contribution in [0.2, 0.25) is 0 Å². The second-order valence-electron chi connectivity index (χ2n) is 9.88. The van der Waals surface area contributed by atoms with Gasteiger partial charge in [0.25, 0.3) is 11.8 Å². The maximum atomic E-state index is 12.5. The van der Waals surface area contributed by atoms with Gasteiger partial charge in [-0.25, -0.2) is 4.98 Å². The van der Waals surface area contributed by atoms with Crippen molar-refractivity contribution in [3.63, 3.8) is 0 Å². The number of nitrogens with zero attached hydrogens (tertiary/aromatic N) is 1. The number of amides is 2. The van der Waals surface area contributed by atoms with Crippen molar-refractivity contribution in [2.24, 2.45) is 0 Å². The largest absolute Gasteiger partial charge is 0.490 e. The first-order valence-corrected chi connectivity index (χ1v) is 13.2. The van der Waals surface area contributed by atoms with Gasteiger partial charge >= 0.3 is 0 Å². The van der Waals surface area contributed by atoms with Crippen molar-refractivity contribution in [2.75, 3.05) is 13.1 Å². The summed E-state index contributed by atoms with van der Waals surface area (Å²) in [7, 11) is 0. The fraction of sp³-hybridized carbons (Fsp3) is 0.323. The van der Waals surface area contributed by atoms with Gasteiger partial charge in [-0.1, -0.05) is 30.3 Å². The molecule has 0 spiro atoms. The van der Waals surface area contributed by atoms with Gasteiger partial charge in [-0.2, -0.15) is 0 Å². The summed E-state index contributed by atoms with van der Waals surface area (Å²) >= 11 is 0. The summed E-state index contributed by atoms with van der Waals surface area (Å²) in [5, 5.41) is 7.82. The van der Waals surface area contributed by atoms with E-state index in [-0.39, 0.29) is 17.9 Å². The van der Waals surface area contributed by atoms with Gasteiger partial charge in [-0.3, -0.25) is 9.59 Å². The summed E-state index contributed by atoms with van der Waals surface area (Å²) in [6, 6.07) is 20.7. The van der Waals surface area contributed by atoms with Gasteiger partial charge in [-0.15, -0.1) is 0 Å². The second kappa shape index (κ2) is 11.5. The maximum absolute atomic E-state index is 12.5. The number of fused-ring (bicyclic) bond motifs is 1. The molecule has 3 aromatic carbocycles. The fourth-order valence-electron chi connectivity index (χ4n) is 4.86. The first-order chi connectivity index (χ1) is 18.5. The molecule has 0 radical (unpaired) electrons. The topological polar surface area (TPSA) is 93.5 Å². The number of nitrogens with one attached hydrogen (secondary N) is 2. The Morgan fingerprint density at radius 2 is 1.47 bits per heavy atom. The molecule has 1 aliphatic carbocycles. The van der Waals surface area contributed by atoms with E-state index in [2.05, 4.69) is 15.6 Å². The molecule has 7 heteroatoms. The van der Waals surface area contributed by atoms with Crippen molar-refractivity contribution in [2.45, 2.75) is 51.6 Å². The Kier molecular flexibility index (Phi) is 7.73. The average Bonchev–Trinajstić information content (AvgIpc) is 3.29. The highest BCUT2D eigenvalue weighted by Gasteiger charge is 2.27. The van der Waals surface area contributed by atoms with E-state index in [1.54, 1.807) is 12.1 Å². The number of aromatic nitrogens is 1. The lowest BCUT2D eigenvalue weighted by Gasteiger charge is -2.27. The van der Waals surface area contributed by atoms with Crippen molar-refractivity contribution in [1.82, 2.24) is 15.6 Å². The number of hydrogen-bond acceptors (Lipinski definition) is 5. The molecule has 0 atom stereocenters. The van der Waals surface area contributed by atoms with Crippen LogP contribution in [0.25, 0.3) is 10.8 Å². The van der Waals surface area contributed by atoms with Gasteiger partial charge in [0.2, 0.25) is 0 Å². The molecule has 5 rings (SSSR count). The van der Waals surface area contributed by atoms with Crippen molar-refractivity contribution in [3.8, 4) is 5.75 Å². The van der Waals surface area contributed by atoms with E-state index in [1.165, 1.54) is 0 Å². The van der Waals surface area contributed by atoms with Gasteiger partial charge in [0.15, 0.2) is 5.89 Å². The van der Waals surface area contributed by atoms with Crippen molar-refractivity contribution < 1.29 is 18.7 Å². The molecule has 1 saturated carbocycles. The lowest BCUT2D eigenvalue weighted by atomic mass is 9.87. The monoisotopic (exact) mass is 511 g/mol. The number of carbonyl (C=O) groups is 2. The molecule has 1 fully saturated rings. The SMILES string of the molecule is Cc1nc(C2CCC(Oc3ccc(C(=O)NCCNC(=O)c4ccc5ccccc5c4)cc3)CC2)oc1C. The quantitative estimate of drug-likeness (QED) is 0.296. The van der Waals surface area contributed by atoms with Gasteiger partial charge in [0, 0.05) is 30.1 Å². The number of ether oxygens (including phenoxy) is 1. The summed E-state index contributed by atoms with van der Waals surface area (Å²) in [5.74, 6) is 2.51. The van der Waals surface area contributed by atoms with Crippen LogP contribution in [0.5, 0.6) is 5.75 Å². The highest BCUT2D eigenvalue weighted by atomic mass is 16.5. The molecule has 0 bridgehead atoms. The smallest absolute Gasteiger partial charge is 0.251 e. The standard InChI is InChI=1S/C31H33N3O4/c1-20-21(2)37-31(34-20)24-11-15-28(16-12-24)38-27-13-9-23(10-14-27)29(35)32-17-18-33-30(36)26-8-7-22-5-3-4-6-25(22)19-26/h3-10,13-14,19,24,28H,11-12,15-18H2,1-2H3,(H,32,35)(H,33,36). The van der Waals surface area contributed by atoms with Crippen LogP contribution in [0, 0.1) is 13.8 Å². The van der Waals surface area contributed by atoms with E-state index in [9.17, 15) is 9.59 Å². The van der Waals surface area contributed by atoms with E-state index < -0.39 is 0 Å². The molecule has 196 valence electrons. The van der Waals surface area contributed by atoms with Crippen LogP contribution < -0.4 is 15.4 Å². The number of carbonyl (C=O) groups excluding carboxylic acids is 2. The number of hydrogen-bond donors (Lipinski definition) is 2. The third-order valence-corrected chi connectivity index (χ3v) is 7.20. The van der Waals surface area contributed by atoms with E-state index in [0.29, 0.717) is 30.1 Å². The lowest BCUT2D eigenvalue weighted by Crippen LogP contribution is -2.34. The maximum Gasteiger partial charge on any atom is 0.251 e. The van der Waals surface area contributed by atoms with Gasteiger partial charge in [0.05, 0.1) is 11.8 Å². The highest BCUT2D eigenvalue weighted by Crippen LogP contribution is 2.34. The Balaban J connectivity index is 1.04. The predicted octanol–water partition coefficient (Wildman–Crippen LogP) is 5.71. The number of benzene rings is 3. The summed E-state index contributed by atoms with van der Waals surface area (Å²) in [6.45, 7) is 4.61. The minimum Gasteiger partial charge on any atom is -0.490 e. The van der Waals surface area contributed by atoms with Crippen LogP contribution in [0.15, 0.2) is 71.1 Å². The fourth-order valence-corrected chi connectivity index (χ4v) is 4.86. The number of oxazole rings is 1. The minimum absolute atomic E-state index is 0.147. The Labute approximate surface area is 222 Å². The molecule has 38 heavy (non-hydrogen) atoms. The molecular weight excluding hydrogens is 478 g/mol. The third-order valence-electron chi connectivity index (χ3n) is 7.20. The Morgan fingerprint density at radius 3 is 2.13 bits per heavy atom. The van der Waals surface area contributed by atoms with Crippen LogP contribution >= 0.6 is 0 Å². The Hall–Kier alpha value is -4.13. The molecular formula is C31H33N3O4. The minimum atomic E-state index is -0.187. The van der Waals surface area contributed by atoms with Crippen LogP contribution in [-0.2, 0) is 0 Å². The van der Waals surface area contributed by atoms with E-state index >= 15 is 0 Å². The zero-order valence-electron chi connectivity index (χ0n) is 21.8. The van der Waals surface area contributed by atoms with E-state index in [0.717, 1.165) is 59.6 Å². The van der Waals surface area contributed by atoms with Gasteiger partial charge in [-0.05, 0) is 86.7 Å². The average molecular weight is 512 g/mol. The molecule has 2 amide bonds. The first kappa shape index (κ1) is 25.5. The lowest BCUT2D eigenvalue weighted by molar-refractivity contribution is 0.0927. The van der Waals surface area contributed by atoms with Crippen molar-refractivity contribution in [1.29, 1.82) is 0 Å². The summed E-state index contributed by atoms with van der Waals surface area (Å²) < 4.78 is 12.0. The predicted molar refractivity (Wildman–Crippen MR) is 147 cm³/mol. The molecule has 0 unspecified atom stereocenters. The molecule has 1 heterocycles. The third kappa shape index (κ3) is 6.05. The molecule has 7 nitrogen and oxygen atoms in total. The van der Waals surface area contributed by atoms with Crippen LogP contribution in [0.1, 0.15) is 69.7 Å². The van der Waals surface area contributed by atoms with Crippen LogP contribution in [0.4, 0.5) is 0 Å². The van der Waals surface area contributed by atoms with Crippen LogP contribution in [-0.4, -0.2) is 36.0 Å². The zero-order valence-corrected chi connectivity index (χ0v) is 21.8. The van der Waals surface area contributed by atoms with E-state index in [1.807, 2.05) is 68.4 Å². The normalized spacial score (nSPS) is 17.2. The first-order valence-electron chi connectivity index (χ1n) is 13.2. The molecule has 0 saturated heterocycles.